The first-order valence-electron chi connectivity index (χ1n) is 9.89. The molecule has 0 amide bonds. The molecule has 5 rings (SSSR count). The number of nitrogens with zero attached hydrogens (tertiary/aromatic N) is 4. The molecule has 4 heterocycles. The average Bonchev–Trinajstić information content (AvgIpc) is 3.41. The zero-order chi connectivity index (χ0) is 20.7. The van der Waals surface area contributed by atoms with E-state index in [4.69, 9.17) is 4.74 Å². The summed E-state index contributed by atoms with van der Waals surface area (Å²) in [6, 6.07) is 5.24. The number of phenolic OH excluding ortho intramolecular Hbond substituents is 1. The lowest BCUT2D eigenvalue weighted by molar-refractivity contribution is 0.0927. The molecule has 7 nitrogen and oxygen atoms in total. The Hall–Kier alpha value is -3.10. The van der Waals surface area contributed by atoms with Crippen LogP contribution in [0.2, 0.25) is 0 Å². The van der Waals surface area contributed by atoms with E-state index in [1.165, 1.54) is 0 Å². The number of methoxy groups -OCH3 is 1. The molecule has 2 fully saturated rings. The standard InChI is InChI=1S/C22H22FN5O2/c1-30-21-9-18-22(23)13(7-17(21)27-18)6-14-10-26-19(11-25-14)16-3-2-15(8-20(16)29)28-5-4-24-12-28/h2-6,8,10-12,17-18,21-22,27,29H,7,9H2,1H3/b13-6+/t17-,18-,21+,22-/m0/s1. The van der Waals surface area contributed by atoms with E-state index in [0.717, 1.165) is 11.3 Å². The zero-order valence-electron chi connectivity index (χ0n) is 16.4. The molecular weight excluding hydrogens is 385 g/mol. The van der Waals surface area contributed by atoms with Crippen LogP contribution in [0.1, 0.15) is 18.5 Å². The van der Waals surface area contributed by atoms with Gasteiger partial charge >= 0.3 is 0 Å². The minimum Gasteiger partial charge on any atom is -0.507 e. The fraction of sp³-hybridized carbons (Fsp3) is 0.318. The lowest BCUT2D eigenvalue weighted by Gasteiger charge is -2.28. The van der Waals surface area contributed by atoms with Gasteiger partial charge in [0.25, 0.3) is 0 Å². The van der Waals surface area contributed by atoms with Crippen LogP contribution >= 0.6 is 0 Å². The highest BCUT2D eigenvalue weighted by Gasteiger charge is 2.44. The molecule has 1 aromatic carbocycles. The number of phenols is 1. The molecule has 0 unspecified atom stereocenters. The quantitative estimate of drug-likeness (QED) is 0.692. The molecule has 2 saturated heterocycles. The number of piperidine rings is 1. The van der Waals surface area contributed by atoms with Crippen molar-refractivity contribution in [2.75, 3.05) is 7.11 Å². The van der Waals surface area contributed by atoms with E-state index in [1.54, 1.807) is 61.0 Å². The number of benzene rings is 1. The van der Waals surface area contributed by atoms with Gasteiger partial charge in [-0.15, -0.1) is 0 Å². The van der Waals surface area contributed by atoms with E-state index < -0.39 is 6.17 Å². The third-order valence-corrected chi connectivity index (χ3v) is 5.89. The van der Waals surface area contributed by atoms with Gasteiger partial charge in [-0.1, -0.05) is 0 Å². The number of hydrogen-bond donors (Lipinski definition) is 2. The predicted octanol–water partition coefficient (Wildman–Crippen LogP) is 2.91. The van der Waals surface area contributed by atoms with Crippen molar-refractivity contribution in [2.45, 2.75) is 37.2 Å². The number of aromatic hydroxyl groups is 1. The van der Waals surface area contributed by atoms with Crippen LogP contribution in [0.25, 0.3) is 23.0 Å². The van der Waals surface area contributed by atoms with Crippen LogP contribution in [0, 0.1) is 0 Å². The minimum atomic E-state index is -1.05. The first kappa shape index (κ1) is 18.9. The number of halogens is 1. The fourth-order valence-corrected chi connectivity index (χ4v) is 4.33. The largest absolute Gasteiger partial charge is 0.507 e. The number of alkyl halides is 1. The molecule has 2 N–H and O–H groups in total. The van der Waals surface area contributed by atoms with E-state index in [0.29, 0.717) is 29.8 Å². The number of nitrogens with one attached hydrogen (secondary N) is 1. The molecular formula is C22H22FN5O2. The van der Waals surface area contributed by atoms with Gasteiger partial charge in [-0.05, 0) is 36.6 Å². The van der Waals surface area contributed by atoms with Gasteiger partial charge < -0.3 is 19.7 Å². The van der Waals surface area contributed by atoms with Crippen LogP contribution in [-0.2, 0) is 4.74 Å². The van der Waals surface area contributed by atoms with E-state index >= 15 is 0 Å². The number of aromatic nitrogens is 4. The molecule has 2 bridgehead atoms. The molecule has 0 aliphatic carbocycles. The lowest BCUT2D eigenvalue weighted by atomic mass is 9.96. The fourth-order valence-electron chi connectivity index (χ4n) is 4.33. The van der Waals surface area contributed by atoms with E-state index in [-0.39, 0.29) is 23.9 Å². The second-order valence-electron chi connectivity index (χ2n) is 7.71. The first-order chi connectivity index (χ1) is 14.6. The Balaban J connectivity index is 1.37. The number of fused-ring (bicyclic) bond motifs is 2. The highest BCUT2D eigenvalue weighted by molar-refractivity contribution is 5.68. The summed E-state index contributed by atoms with van der Waals surface area (Å²) in [6.07, 6.45) is 10.4. The van der Waals surface area contributed by atoms with Crippen molar-refractivity contribution in [3.8, 4) is 22.7 Å². The van der Waals surface area contributed by atoms with E-state index in [1.807, 2.05) is 6.07 Å². The van der Waals surface area contributed by atoms with E-state index in [2.05, 4.69) is 20.3 Å². The number of hydrogen-bond acceptors (Lipinski definition) is 6. The normalized spacial score (nSPS) is 26.9. The maximum atomic E-state index is 14.8. The summed E-state index contributed by atoms with van der Waals surface area (Å²) in [5, 5.41) is 13.7. The molecule has 2 aromatic heterocycles. The van der Waals surface area contributed by atoms with Crippen LogP contribution in [0.15, 0.2) is 54.9 Å². The Morgan fingerprint density at radius 3 is 2.87 bits per heavy atom. The summed E-state index contributed by atoms with van der Waals surface area (Å²) < 4.78 is 22.1. The number of ether oxygens (including phenoxy) is 1. The van der Waals surface area contributed by atoms with Crippen molar-refractivity contribution in [2.24, 2.45) is 0 Å². The van der Waals surface area contributed by atoms with Crippen molar-refractivity contribution < 1.29 is 14.2 Å². The molecule has 2 aliphatic heterocycles. The average molecular weight is 407 g/mol. The van der Waals surface area contributed by atoms with Crippen LogP contribution in [0.4, 0.5) is 4.39 Å². The number of rotatable bonds is 4. The lowest BCUT2D eigenvalue weighted by Crippen LogP contribution is -2.44. The third-order valence-electron chi connectivity index (χ3n) is 5.89. The molecule has 30 heavy (non-hydrogen) atoms. The Morgan fingerprint density at radius 2 is 2.17 bits per heavy atom. The van der Waals surface area contributed by atoms with Gasteiger partial charge in [0, 0.05) is 43.2 Å². The highest BCUT2D eigenvalue weighted by Crippen LogP contribution is 2.35. The second-order valence-corrected chi connectivity index (χ2v) is 7.71. The van der Waals surface area contributed by atoms with Crippen molar-refractivity contribution in [1.29, 1.82) is 0 Å². The molecule has 3 aromatic rings. The summed E-state index contributed by atoms with van der Waals surface area (Å²) in [5.41, 5.74) is 3.25. The molecule has 0 radical (unpaired) electrons. The number of imidazole rings is 1. The Bertz CT molecular complexity index is 1070. The Kier molecular flexibility index (Phi) is 4.80. The summed E-state index contributed by atoms with van der Waals surface area (Å²) in [6.45, 7) is 0. The SMILES string of the molecule is CO[C@@H]1C[C@@H]2N[C@H]1C/C(=C\c1cnc(-c3ccc(-n4ccnc4)cc3O)cn1)[C@@H]2F. The first-order valence-corrected chi connectivity index (χ1v) is 9.89. The highest BCUT2D eigenvalue weighted by atomic mass is 19.1. The Morgan fingerprint density at radius 1 is 1.27 bits per heavy atom. The summed E-state index contributed by atoms with van der Waals surface area (Å²) in [5.74, 6) is 0.103. The monoisotopic (exact) mass is 407 g/mol. The molecule has 4 atom stereocenters. The predicted molar refractivity (Wildman–Crippen MR) is 110 cm³/mol. The summed E-state index contributed by atoms with van der Waals surface area (Å²) >= 11 is 0. The van der Waals surface area contributed by atoms with Crippen LogP contribution < -0.4 is 5.32 Å². The van der Waals surface area contributed by atoms with Gasteiger partial charge in [0.1, 0.15) is 11.9 Å². The minimum absolute atomic E-state index is 0.0425. The second kappa shape index (κ2) is 7.62. The Labute approximate surface area is 173 Å². The van der Waals surface area contributed by atoms with Crippen LogP contribution in [-0.4, -0.2) is 56.1 Å². The van der Waals surface area contributed by atoms with Gasteiger partial charge in [-0.25, -0.2) is 9.37 Å². The van der Waals surface area contributed by atoms with Crippen LogP contribution in [0.5, 0.6) is 5.75 Å². The smallest absolute Gasteiger partial charge is 0.137 e. The van der Waals surface area contributed by atoms with Gasteiger partial charge in [0.05, 0.1) is 41.9 Å². The summed E-state index contributed by atoms with van der Waals surface area (Å²) in [7, 11) is 1.67. The maximum Gasteiger partial charge on any atom is 0.137 e. The van der Waals surface area contributed by atoms with E-state index in [9.17, 15) is 9.50 Å². The topological polar surface area (TPSA) is 85.1 Å². The maximum absolute atomic E-state index is 14.8. The van der Waals surface area contributed by atoms with Gasteiger partial charge in [-0.3, -0.25) is 9.97 Å². The molecule has 0 saturated carbocycles. The molecule has 0 spiro atoms. The van der Waals surface area contributed by atoms with Crippen molar-refractivity contribution in [3.05, 3.63) is 60.6 Å². The molecule has 8 heteroatoms. The third kappa shape index (κ3) is 3.38. The van der Waals surface area contributed by atoms with Crippen molar-refractivity contribution in [1.82, 2.24) is 24.8 Å². The summed E-state index contributed by atoms with van der Waals surface area (Å²) in [4.78, 5) is 12.9. The van der Waals surface area contributed by atoms with Gasteiger partial charge in [0.2, 0.25) is 0 Å². The molecule has 154 valence electrons. The van der Waals surface area contributed by atoms with Crippen LogP contribution in [0.3, 0.4) is 0 Å². The van der Waals surface area contributed by atoms with Gasteiger partial charge in [-0.2, -0.15) is 0 Å². The van der Waals surface area contributed by atoms with Crippen molar-refractivity contribution >= 4 is 6.08 Å². The van der Waals surface area contributed by atoms with Gasteiger partial charge in [0.15, 0.2) is 0 Å². The molecule has 2 aliphatic rings. The van der Waals surface area contributed by atoms with Crippen molar-refractivity contribution in [3.63, 3.8) is 0 Å². The zero-order valence-corrected chi connectivity index (χ0v) is 16.4.